The summed E-state index contributed by atoms with van der Waals surface area (Å²) < 4.78 is 0. The SMILES string of the molecule is CC(C)CC(NCC(=O)N1CCCCC1C)C(=O)O. The highest BCUT2D eigenvalue weighted by molar-refractivity contribution is 5.80. The van der Waals surface area contributed by atoms with Crippen LogP contribution in [0.3, 0.4) is 0 Å². The fraction of sp³-hybridized carbons (Fsp3) is 0.857. The maximum absolute atomic E-state index is 12.1. The van der Waals surface area contributed by atoms with Gasteiger partial charge in [0.1, 0.15) is 6.04 Å². The van der Waals surface area contributed by atoms with Crippen molar-refractivity contribution in [2.24, 2.45) is 5.92 Å². The molecule has 0 aromatic rings. The van der Waals surface area contributed by atoms with Gasteiger partial charge in [0, 0.05) is 12.6 Å². The van der Waals surface area contributed by atoms with Crippen LogP contribution in [0, 0.1) is 5.92 Å². The average molecular weight is 270 g/mol. The van der Waals surface area contributed by atoms with Gasteiger partial charge in [-0.2, -0.15) is 0 Å². The number of hydrogen-bond acceptors (Lipinski definition) is 3. The molecule has 1 aliphatic rings. The van der Waals surface area contributed by atoms with Crippen molar-refractivity contribution in [1.82, 2.24) is 10.2 Å². The van der Waals surface area contributed by atoms with Gasteiger partial charge < -0.3 is 10.0 Å². The van der Waals surface area contributed by atoms with E-state index in [9.17, 15) is 9.59 Å². The molecule has 1 saturated heterocycles. The number of carboxylic acids is 1. The molecular weight excluding hydrogens is 244 g/mol. The van der Waals surface area contributed by atoms with Crippen molar-refractivity contribution in [2.75, 3.05) is 13.1 Å². The molecule has 2 unspecified atom stereocenters. The predicted molar refractivity (Wildman–Crippen MR) is 73.9 cm³/mol. The Kier molecular flexibility index (Phi) is 6.28. The molecule has 5 nitrogen and oxygen atoms in total. The topological polar surface area (TPSA) is 69.6 Å². The van der Waals surface area contributed by atoms with E-state index in [2.05, 4.69) is 12.2 Å². The first-order valence-electron chi connectivity index (χ1n) is 7.17. The van der Waals surface area contributed by atoms with Crippen molar-refractivity contribution >= 4 is 11.9 Å². The van der Waals surface area contributed by atoms with Crippen LogP contribution in [0.15, 0.2) is 0 Å². The van der Waals surface area contributed by atoms with E-state index >= 15 is 0 Å². The van der Waals surface area contributed by atoms with Crippen LogP contribution in [0.1, 0.15) is 46.5 Å². The summed E-state index contributed by atoms with van der Waals surface area (Å²) in [5, 5.41) is 12.0. The number of hydrogen-bond donors (Lipinski definition) is 2. The number of piperidine rings is 1. The van der Waals surface area contributed by atoms with E-state index in [4.69, 9.17) is 5.11 Å². The third-order valence-corrected chi connectivity index (χ3v) is 3.63. The Balaban J connectivity index is 2.44. The molecule has 5 heteroatoms. The number of carbonyl (C=O) groups excluding carboxylic acids is 1. The van der Waals surface area contributed by atoms with Gasteiger partial charge in [0.05, 0.1) is 6.54 Å². The van der Waals surface area contributed by atoms with Gasteiger partial charge in [-0.1, -0.05) is 13.8 Å². The lowest BCUT2D eigenvalue weighted by Gasteiger charge is -2.33. The predicted octanol–water partition coefficient (Wildman–Crippen LogP) is 1.48. The second-order valence-electron chi connectivity index (χ2n) is 5.83. The van der Waals surface area contributed by atoms with E-state index < -0.39 is 12.0 Å². The van der Waals surface area contributed by atoms with Gasteiger partial charge in [-0.15, -0.1) is 0 Å². The Morgan fingerprint density at radius 1 is 1.37 bits per heavy atom. The Labute approximate surface area is 115 Å². The van der Waals surface area contributed by atoms with E-state index in [0.717, 1.165) is 19.4 Å². The summed E-state index contributed by atoms with van der Waals surface area (Å²) in [5.41, 5.74) is 0. The molecule has 0 aromatic carbocycles. The normalized spacial score (nSPS) is 21.5. The fourth-order valence-electron chi connectivity index (χ4n) is 2.52. The van der Waals surface area contributed by atoms with Gasteiger partial charge in [-0.3, -0.25) is 14.9 Å². The molecular formula is C14H26N2O3. The van der Waals surface area contributed by atoms with Crippen LogP contribution in [-0.4, -0.2) is 47.1 Å². The summed E-state index contributed by atoms with van der Waals surface area (Å²) in [4.78, 5) is 25.1. The zero-order valence-corrected chi connectivity index (χ0v) is 12.2. The van der Waals surface area contributed by atoms with Crippen LogP contribution in [-0.2, 0) is 9.59 Å². The summed E-state index contributed by atoms with van der Waals surface area (Å²) in [6.07, 6.45) is 3.80. The van der Waals surface area contributed by atoms with Gasteiger partial charge >= 0.3 is 5.97 Å². The largest absolute Gasteiger partial charge is 0.480 e. The van der Waals surface area contributed by atoms with Crippen molar-refractivity contribution in [3.05, 3.63) is 0 Å². The number of nitrogens with one attached hydrogen (secondary N) is 1. The Morgan fingerprint density at radius 2 is 2.05 bits per heavy atom. The van der Waals surface area contributed by atoms with Crippen LogP contribution in [0.25, 0.3) is 0 Å². The maximum Gasteiger partial charge on any atom is 0.320 e. The minimum Gasteiger partial charge on any atom is -0.480 e. The second kappa shape index (κ2) is 7.48. The molecule has 0 radical (unpaired) electrons. The summed E-state index contributed by atoms with van der Waals surface area (Å²) >= 11 is 0. The first-order valence-corrected chi connectivity index (χ1v) is 7.17. The van der Waals surface area contributed by atoms with Crippen molar-refractivity contribution < 1.29 is 14.7 Å². The van der Waals surface area contributed by atoms with Crippen molar-refractivity contribution in [1.29, 1.82) is 0 Å². The Bertz CT molecular complexity index is 318. The summed E-state index contributed by atoms with van der Waals surface area (Å²) in [5.74, 6) is -0.576. The third-order valence-electron chi connectivity index (χ3n) is 3.63. The minimum atomic E-state index is -0.881. The molecule has 2 atom stereocenters. The standard InChI is InChI=1S/C14H26N2O3/c1-10(2)8-12(14(18)19)15-9-13(17)16-7-5-4-6-11(16)3/h10-12,15H,4-9H2,1-3H3,(H,18,19). The summed E-state index contributed by atoms with van der Waals surface area (Å²) in [7, 11) is 0. The highest BCUT2D eigenvalue weighted by Gasteiger charge is 2.25. The number of aliphatic carboxylic acids is 1. The van der Waals surface area contributed by atoms with E-state index in [0.29, 0.717) is 6.42 Å². The molecule has 0 bridgehead atoms. The molecule has 0 aliphatic carbocycles. The van der Waals surface area contributed by atoms with Gasteiger partial charge in [-0.25, -0.2) is 0 Å². The minimum absolute atomic E-state index is 0.0159. The quantitative estimate of drug-likeness (QED) is 0.767. The molecule has 1 rings (SSSR count). The van der Waals surface area contributed by atoms with E-state index in [1.807, 2.05) is 18.7 Å². The van der Waals surface area contributed by atoms with Crippen molar-refractivity contribution in [3.63, 3.8) is 0 Å². The molecule has 1 fully saturated rings. The van der Waals surface area contributed by atoms with Gasteiger partial charge in [-0.05, 0) is 38.5 Å². The first-order chi connectivity index (χ1) is 8.91. The highest BCUT2D eigenvalue weighted by atomic mass is 16.4. The van der Waals surface area contributed by atoms with Gasteiger partial charge in [0.25, 0.3) is 0 Å². The molecule has 1 heterocycles. The molecule has 19 heavy (non-hydrogen) atoms. The first kappa shape index (κ1) is 16.0. The van der Waals surface area contributed by atoms with Crippen LogP contribution in [0.5, 0.6) is 0 Å². The third kappa shape index (κ3) is 5.19. The molecule has 2 N–H and O–H groups in total. The van der Waals surface area contributed by atoms with Gasteiger partial charge in [0.2, 0.25) is 5.91 Å². The van der Waals surface area contributed by atoms with E-state index in [-0.39, 0.29) is 24.4 Å². The zero-order chi connectivity index (χ0) is 14.4. The maximum atomic E-state index is 12.1. The lowest BCUT2D eigenvalue weighted by Crippen LogP contribution is -2.49. The average Bonchev–Trinajstić information content (AvgIpc) is 2.34. The van der Waals surface area contributed by atoms with Crippen LogP contribution >= 0.6 is 0 Å². The van der Waals surface area contributed by atoms with Crippen LogP contribution in [0.2, 0.25) is 0 Å². The monoisotopic (exact) mass is 270 g/mol. The van der Waals surface area contributed by atoms with Crippen LogP contribution in [0.4, 0.5) is 0 Å². The number of nitrogens with zero attached hydrogens (tertiary/aromatic N) is 1. The number of amides is 1. The lowest BCUT2D eigenvalue weighted by atomic mass is 10.0. The van der Waals surface area contributed by atoms with E-state index in [1.54, 1.807) is 0 Å². The number of rotatable bonds is 6. The molecule has 1 amide bonds. The number of carboxylic acid groups (broad SMARTS) is 1. The molecule has 0 saturated carbocycles. The van der Waals surface area contributed by atoms with Crippen molar-refractivity contribution in [3.8, 4) is 0 Å². The second-order valence-corrected chi connectivity index (χ2v) is 5.83. The van der Waals surface area contributed by atoms with Gasteiger partial charge in [0.15, 0.2) is 0 Å². The molecule has 0 aromatic heterocycles. The summed E-state index contributed by atoms with van der Waals surface area (Å²) in [6, 6.07) is -0.361. The fourth-order valence-corrected chi connectivity index (χ4v) is 2.52. The highest BCUT2D eigenvalue weighted by Crippen LogP contribution is 2.16. The van der Waals surface area contributed by atoms with Crippen LogP contribution < -0.4 is 5.32 Å². The number of likely N-dealkylation sites (tertiary alicyclic amines) is 1. The Hall–Kier alpha value is -1.10. The zero-order valence-electron chi connectivity index (χ0n) is 12.2. The number of carbonyl (C=O) groups is 2. The van der Waals surface area contributed by atoms with Crippen molar-refractivity contribution in [2.45, 2.75) is 58.5 Å². The molecule has 110 valence electrons. The smallest absolute Gasteiger partial charge is 0.320 e. The Morgan fingerprint density at radius 3 is 2.58 bits per heavy atom. The van der Waals surface area contributed by atoms with E-state index in [1.165, 1.54) is 6.42 Å². The lowest BCUT2D eigenvalue weighted by molar-refractivity contribution is -0.140. The molecule has 0 spiro atoms. The summed E-state index contributed by atoms with van der Waals surface area (Å²) in [6.45, 7) is 6.93. The molecule has 1 aliphatic heterocycles.